The summed E-state index contributed by atoms with van der Waals surface area (Å²) in [6.07, 6.45) is 1.27. The molecule has 1 atom stereocenters. The van der Waals surface area contributed by atoms with Crippen molar-refractivity contribution >= 4 is 17.8 Å². The maximum absolute atomic E-state index is 11.1. The molecule has 2 rings (SSSR count). The van der Waals surface area contributed by atoms with E-state index in [1.54, 1.807) is 7.05 Å². The Morgan fingerprint density at radius 3 is 2.79 bits per heavy atom. The van der Waals surface area contributed by atoms with Crippen LogP contribution in [0, 0.1) is 0 Å². The number of nitrogens with one attached hydrogen (secondary N) is 3. The molecule has 1 unspecified atom stereocenters. The molecule has 0 saturated carbocycles. The third kappa shape index (κ3) is 3.67. The van der Waals surface area contributed by atoms with Crippen molar-refractivity contribution in [2.75, 3.05) is 30.8 Å². The van der Waals surface area contributed by atoms with Gasteiger partial charge >= 0.3 is 6.01 Å². The van der Waals surface area contributed by atoms with E-state index in [9.17, 15) is 4.79 Å². The molecule has 1 amide bonds. The van der Waals surface area contributed by atoms with Gasteiger partial charge in [-0.25, -0.2) is 0 Å². The van der Waals surface area contributed by atoms with Crippen LogP contribution in [0.1, 0.15) is 19.8 Å². The van der Waals surface area contributed by atoms with Crippen LogP contribution in [0.2, 0.25) is 0 Å². The second kappa shape index (κ2) is 6.17. The zero-order valence-corrected chi connectivity index (χ0v) is 11.1. The first-order valence-corrected chi connectivity index (χ1v) is 6.31. The van der Waals surface area contributed by atoms with Gasteiger partial charge in [-0.1, -0.05) is 0 Å². The van der Waals surface area contributed by atoms with Crippen molar-refractivity contribution in [3.8, 4) is 6.01 Å². The summed E-state index contributed by atoms with van der Waals surface area (Å²) in [5.74, 6) is 0.976. The number of piperidine rings is 1. The van der Waals surface area contributed by atoms with Crippen LogP contribution >= 0.6 is 0 Å². The Balaban J connectivity index is 2.06. The van der Waals surface area contributed by atoms with Crippen molar-refractivity contribution in [1.29, 1.82) is 0 Å². The molecule has 1 aliphatic rings. The van der Waals surface area contributed by atoms with E-state index < -0.39 is 0 Å². The molecular formula is C11H18N6O2. The van der Waals surface area contributed by atoms with Gasteiger partial charge in [0, 0.05) is 26.1 Å². The minimum absolute atomic E-state index is 0.0830. The Hall–Kier alpha value is -2.12. The van der Waals surface area contributed by atoms with Crippen molar-refractivity contribution in [3.63, 3.8) is 0 Å². The number of amides is 1. The predicted octanol–water partition coefficient (Wildman–Crippen LogP) is 0.00250. The van der Waals surface area contributed by atoms with Gasteiger partial charge in [-0.3, -0.25) is 4.79 Å². The first kappa shape index (κ1) is 13.3. The average Bonchev–Trinajstić information content (AvgIpc) is 2.41. The number of rotatable bonds is 5. The lowest BCUT2D eigenvalue weighted by Crippen LogP contribution is -2.42. The van der Waals surface area contributed by atoms with E-state index in [0.717, 1.165) is 6.42 Å². The Morgan fingerprint density at radius 1 is 1.37 bits per heavy atom. The fraction of sp³-hybridized carbons (Fsp3) is 0.636. The molecular weight excluding hydrogens is 248 g/mol. The highest BCUT2D eigenvalue weighted by molar-refractivity contribution is 5.76. The molecule has 104 valence electrons. The maximum Gasteiger partial charge on any atom is 0.323 e. The van der Waals surface area contributed by atoms with Crippen LogP contribution in [0.15, 0.2) is 0 Å². The summed E-state index contributed by atoms with van der Waals surface area (Å²) in [6.45, 7) is 2.93. The van der Waals surface area contributed by atoms with E-state index in [1.165, 1.54) is 0 Å². The number of carbonyl (C=O) groups is 1. The topological polar surface area (TPSA) is 101 Å². The highest BCUT2D eigenvalue weighted by Gasteiger charge is 2.19. The highest BCUT2D eigenvalue weighted by atomic mass is 16.5. The van der Waals surface area contributed by atoms with Crippen LogP contribution in [0.4, 0.5) is 11.9 Å². The maximum atomic E-state index is 11.1. The summed E-state index contributed by atoms with van der Waals surface area (Å²) in [5.41, 5.74) is 0. The van der Waals surface area contributed by atoms with E-state index in [2.05, 4.69) is 30.9 Å². The van der Waals surface area contributed by atoms with Crippen molar-refractivity contribution in [2.24, 2.45) is 0 Å². The SMILES string of the molecule is CCOc1nc(NC)nc(NC2CCC(=O)NC2)n1. The summed E-state index contributed by atoms with van der Waals surface area (Å²) in [5, 5.41) is 8.84. The fourth-order valence-corrected chi connectivity index (χ4v) is 1.77. The van der Waals surface area contributed by atoms with Crippen molar-refractivity contribution in [2.45, 2.75) is 25.8 Å². The molecule has 0 radical (unpaired) electrons. The largest absolute Gasteiger partial charge is 0.464 e. The summed E-state index contributed by atoms with van der Waals surface area (Å²) < 4.78 is 5.28. The number of carbonyl (C=O) groups excluding carboxylic acids is 1. The lowest BCUT2D eigenvalue weighted by atomic mass is 10.1. The molecule has 1 fully saturated rings. The van der Waals surface area contributed by atoms with E-state index >= 15 is 0 Å². The van der Waals surface area contributed by atoms with Gasteiger partial charge in [-0.05, 0) is 13.3 Å². The van der Waals surface area contributed by atoms with Gasteiger partial charge in [0.15, 0.2) is 0 Å². The number of nitrogens with zero attached hydrogens (tertiary/aromatic N) is 3. The van der Waals surface area contributed by atoms with E-state index in [4.69, 9.17) is 4.74 Å². The molecule has 3 N–H and O–H groups in total. The standard InChI is InChI=1S/C11H18N6O2/c1-3-19-11-16-9(12-2)15-10(17-11)14-7-4-5-8(18)13-6-7/h7H,3-6H2,1-2H3,(H,13,18)(H2,12,14,15,16,17). The lowest BCUT2D eigenvalue weighted by molar-refractivity contribution is -0.122. The normalized spacial score (nSPS) is 18.6. The second-order valence-corrected chi connectivity index (χ2v) is 4.13. The Morgan fingerprint density at radius 2 is 2.16 bits per heavy atom. The molecule has 1 aliphatic heterocycles. The molecule has 1 saturated heterocycles. The molecule has 8 nitrogen and oxygen atoms in total. The number of aromatic nitrogens is 3. The van der Waals surface area contributed by atoms with Gasteiger partial charge in [0.1, 0.15) is 0 Å². The highest BCUT2D eigenvalue weighted by Crippen LogP contribution is 2.14. The number of hydrogen-bond acceptors (Lipinski definition) is 7. The van der Waals surface area contributed by atoms with Gasteiger partial charge in [-0.2, -0.15) is 15.0 Å². The third-order valence-corrected chi connectivity index (χ3v) is 2.71. The Kier molecular flexibility index (Phi) is 4.32. The van der Waals surface area contributed by atoms with Crippen molar-refractivity contribution < 1.29 is 9.53 Å². The Bertz CT molecular complexity index is 443. The van der Waals surface area contributed by atoms with Crippen molar-refractivity contribution in [3.05, 3.63) is 0 Å². The van der Waals surface area contributed by atoms with Crippen LogP contribution in [0.3, 0.4) is 0 Å². The number of hydrogen-bond donors (Lipinski definition) is 3. The second-order valence-electron chi connectivity index (χ2n) is 4.13. The molecule has 19 heavy (non-hydrogen) atoms. The molecule has 8 heteroatoms. The molecule has 0 spiro atoms. The first-order chi connectivity index (χ1) is 9.21. The Labute approximate surface area is 111 Å². The monoisotopic (exact) mass is 266 g/mol. The van der Waals surface area contributed by atoms with Crippen LogP contribution in [-0.2, 0) is 4.79 Å². The zero-order chi connectivity index (χ0) is 13.7. The zero-order valence-electron chi connectivity index (χ0n) is 11.1. The number of ether oxygens (including phenoxy) is 1. The van der Waals surface area contributed by atoms with Gasteiger partial charge in [-0.15, -0.1) is 0 Å². The van der Waals surface area contributed by atoms with E-state index in [-0.39, 0.29) is 18.0 Å². The van der Waals surface area contributed by atoms with Gasteiger partial charge in [0.25, 0.3) is 0 Å². The van der Waals surface area contributed by atoms with Crippen LogP contribution < -0.4 is 20.7 Å². The predicted molar refractivity (Wildman–Crippen MR) is 70.2 cm³/mol. The molecule has 0 aromatic carbocycles. The lowest BCUT2D eigenvalue weighted by Gasteiger charge is -2.23. The van der Waals surface area contributed by atoms with Gasteiger partial charge in [0.05, 0.1) is 6.61 Å². The smallest absolute Gasteiger partial charge is 0.323 e. The van der Waals surface area contributed by atoms with Crippen LogP contribution in [0.5, 0.6) is 6.01 Å². The fourth-order valence-electron chi connectivity index (χ4n) is 1.77. The molecule has 1 aromatic heterocycles. The minimum atomic E-state index is 0.0830. The van der Waals surface area contributed by atoms with Gasteiger partial charge < -0.3 is 20.7 Å². The average molecular weight is 266 g/mol. The molecule has 0 aliphatic carbocycles. The quantitative estimate of drug-likeness (QED) is 0.689. The van der Waals surface area contributed by atoms with Crippen molar-refractivity contribution in [1.82, 2.24) is 20.3 Å². The van der Waals surface area contributed by atoms with E-state index in [0.29, 0.717) is 31.5 Å². The summed E-state index contributed by atoms with van der Waals surface area (Å²) in [7, 11) is 1.73. The summed E-state index contributed by atoms with van der Waals surface area (Å²) >= 11 is 0. The van der Waals surface area contributed by atoms with Crippen LogP contribution in [-0.4, -0.2) is 47.1 Å². The third-order valence-electron chi connectivity index (χ3n) is 2.71. The summed E-state index contributed by atoms with van der Waals surface area (Å²) in [6, 6.07) is 0.406. The van der Waals surface area contributed by atoms with Gasteiger partial charge in [0.2, 0.25) is 17.8 Å². The number of anilines is 2. The molecule has 1 aromatic rings. The molecule has 2 heterocycles. The first-order valence-electron chi connectivity index (χ1n) is 6.31. The minimum Gasteiger partial charge on any atom is -0.464 e. The molecule has 0 bridgehead atoms. The van der Waals surface area contributed by atoms with E-state index in [1.807, 2.05) is 6.92 Å². The van der Waals surface area contributed by atoms with Crippen LogP contribution in [0.25, 0.3) is 0 Å². The summed E-state index contributed by atoms with van der Waals surface area (Å²) in [4.78, 5) is 23.6.